The van der Waals surface area contributed by atoms with Crippen LogP contribution in [-0.4, -0.2) is 43.3 Å². The maximum Gasteiger partial charge on any atom is 0.264 e. The minimum atomic E-state index is -4.14. The van der Waals surface area contributed by atoms with E-state index < -0.39 is 34.1 Å². The third kappa shape index (κ3) is 7.77. The molecule has 2 amide bonds. The molecule has 1 atom stereocenters. The first-order chi connectivity index (χ1) is 18.7. The molecule has 0 saturated carbocycles. The third-order valence-electron chi connectivity index (χ3n) is 6.21. The van der Waals surface area contributed by atoms with E-state index in [2.05, 4.69) is 5.32 Å². The van der Waals surface area contributed by atoms with Crippen molar-refractivity contribution in [3.63, 3.8) is 0 Å². The van der Waals surface area contributed by atoms with Crippen molar-refractivity contribution in [3.05, 3.63) is 94.0 Å². The molecule has 3 aromatic rings. The first-order valence-electron chi connectivity index (χ1n) is 12.9. The lowest BCUT2D eigenvalue weighted by molar-refractivity contribution is -0.141. The van der Waals surface area contributed by atoms with Gasteiger partial charge in [-0.05, 0) is 70.5 Å². The van der Waals surface area contributed by atoms with E-state index in [0.29, 0.717) is 21.3 Å². The lowest BCUT2D eigenvalue weighted by Crippen LogP contribution is -2.55. The monoisotopic (exact) mass is 603 g/mol. The van der Waals surface area contributed by atoms with Crippen molar-refractivity contribution in [1.82, 2.24) is 10.2 Å². The Morgan fingerprint density at radius 2 is 1.48 bits per heavy atom. The smallest absolute Gasteiger partial charge is 0.264 e. The Hall–Kier alpha value is -3.07. The number of sulfonamides is 1. The summed E-state index contributed by atoms with van der Waals surface area (Å²) < 4.78 is 28.8. The molecule has 0 unspecified atom stereocenters. The molecule has 0 aliphatic rings. The maximum absolute atomic E-state index is 14.1. The summed E-state index contributed by atoms with van der Waals surface area (Å²) in [5.74, 6) is -0.939. The predicted octanol–water partition coefficient (Wildman–Crippen LogP) is 6.22. The number of carbonyl (C=O) groups excluding carboxylic acids is 2. The molecule has 0 spiro atoms. The molecular formula is C30H35Cl2N3O4S. The zero-order chi connectivity index (χ0) is 29.7. The summed E-state index contributed by atoms with van der Waals surface area (Å²) in [6.45, 7) is 8.57. The largest absolute Gasteiger partial charge is 0.350 e. The zero-order valence-electron chi connectivity index (χ0n) is 23.3. The van der Waals surface area contributed by atoms with E-state index in [-0.39, 0.29) is 23.8 Å². The second-order valence-electron chi connectivity index (χ2n) is 10.5. The Kier molecular flexibility index (Phi) is 10.3. The van der Waals surface area contributed by atoms with Crippen LogP contribution in [-0.2, 0) is 26.2 Å². The SMILES string of the molecule is CC[C@H](C(=O)NC(C)(C)C)N(Cc1c(Cl)cccc1Cl)C(=O)CN(c1ccccc1)S(=O)(=O)c1ccc(C)cc1. The number of amides is 2. The quantitative estimate of drug-likeness (QED) is 0.298. The van der Waals surface area contributed by atoms with Gasteiger partial charge in [-0.3, -0.25) is 13.9 Å². The number of aryl methyl sites for hydroxylation is 1. The third-order valence-corrected chi connectivity index (χ3v) is 8.70. The van der Waals surface area contributed by atoms with Crippen molar-refractivity contribution >= 4 is 50.7 Å². The van der Waals surface area contributed by atoms with Crippen LogP contribution in [0.5, 0.6) is 0 Å². The van der Waals surface area contributed by atoms with Gasteiger partial charge in [0.2, 0.25) is 11.8 Å². The number of nitrogens with zero attached hydrogens (tertiary/aromatic N) is 2. The molecule has 0 radical (unpaired) electrons. The molecule has 214 valence electrons. The van der Waals surface area contributed by atoms with Crippen molar-refractivity contribution in [3.8, 4) is 0 Å². The first kappa shape index (κ1) is 31.5. The topological polar surface area (TPSA) is 86.8 Å². The number of rotatable bonds is 10. The molecule has 0 saturated heterocycles. The molecule has 7 nitrogen and oxygen atoms in total. The number of hydrogen-bond donors (Lipinski definition) is 1. The average Bonchev–Trinajstić information content (AvgIpc) is 2.88. The van der Waals surface area contributed by atoms with Crippen molar-refractivity contribution in [1.29, 1.82) is 0 Å². The number of nitrogens with one attached hydrogen (secondary N) is 1. The first-order valence-corrected chi connectivity index (χ1v) is 15.1. The van der Waals surface area contributed by atoms with E-state index in [1.807, 2.05) is 27.7 Å². The number of halogens is 2. The van der Waals surface area contributed by atoms with Crippen LogP contribution >= 0.6 is 23.2 Å². The van der Waals surface area contributed by atoms with Crippen LogP contribution in [0.1, 0.15) is 45.2 Å². The lowest BCUT2D eigenvalue weighted by Gasteiger charge is -2.35. The summed E-state index contributed by atoms with van der Waals surface area (Å²) in [6.07, 6.45) is 0.284. The van der Waals surface area contributed by atoms with Crippen LogP contribution < -0.4 is 9.62 Å². The highest BCUT2D eigenvalue weighted by atomic mass is 35.5. The van der Waals surface area contributed by atoms with Crippen LogP contribution in [0.2, 0.25) is 10.0 Å². The van der Waals surface area contributed by atoms with Crippen LogP contribution in [0, 0.1) is 6.92 Å². The Morgan fingerprint density at radius 1 is 0.900 bits per heavy atom. The summed E-state index contributed by atoms with van der Waals surface area (Å²) in [4.78, 5) is 28.9. The predicted molar refractivity (Wildman–Crippen MR) is 161 cm³/mol. The molecule has 0 aliphatic carbocycles. The fourth-order valence-corrected chi connectivity index (χ4v) is 6.12. The summed E-state index contributed by atoms with van der Waals surface area (Å²) >= 11 is 12.9. The molecule has 3 rings (SSSR count). The lowest BCUT2D eigenvalue weighted by atomic mass is 10.1. The van der Waals surface area contributed by atoms with Crippen molar-refractivity contribution in [2.45, 2.75) is 64.1 Å². The molecule has 10 heteroatoms. The molecule has 0 aliphatic heterocycles. The minimum Gasteiger partial charge on any atom is -0.350 e. The zero-order valence-corrected chi connectivity index (χ0v) is 25.6. The van der Waals surface area contributed by atoms with Gasteiger partial charge in [0, 0.05) is 27.7 Å². The van der Waals surface area contributed by atoms with Gasteiger partial charge >= 0.3 is 0 Å². The number of benzene rings is 3. The van der Waals surface area contributed by atoms with Crippen molar-refractivity contribution in [2.24, 2.45) is 0 Å². The van der Waals surface area contributed by atoms with Crippen molar-refractivity contribution in [2.75, 3.05) is 10.8 Å². The normalized spacial score (nSPS) is 12.5. The molecule has 0 aromatic heterocycles. The number of anilines is 1. The van der Waals surface area contributed by atoms with Gasteiger partial charge in [0.15, 0.2) is 0 Å². The molecule has 0 heterocycles. The van der Waals surface area contributed by atoms with Gasteiger partial charge in [-0.25, -0.2) is 8.42 Å². The minimum absolute atomic E-state index is 0.0490. The highest BCUT2D eigenvalue weighted by Gasteiger charge is 2.35. The molecule has 0 bridgehead atoms. The van der Waals surface area contributed by atoms with Gasteiger partial charge in [0.05, 0.1) is 10.6 Å². The molecule has 40 heavy (non-hydrogen) atoms. The van der Waals surface area contributed by atoms with Crippen molar-refractivity contribution < 1.29 is 18.0 Å². The fraction of sp³-hybridized carbons (Fsp3) is 0.333. The fourth-order valence-electron chi connectivity index (χ4n) is 4.19. The van der Waals surface area contributed by atoms with Crippen LogP contribution in [0.15, 0.2) is 77.7 Å². The van der Waals surface area contributed by atoms with Gasteiger partial charge in [-0.1, -0.05) is 72.1 Å². The number of carbonyl (C=O) groups is 2. The number of para-hydroxylation sites is 1. The molecule has 0 fully saturated rings. The van der Waals surface area contributed by atoms with Gasteiger partial charge in [-0.2, -0.15) is 0 Å². The maximum atomic E-state index is 14.1. The highest BCUT2D eigenvalue weighted by Crippen LogP contribution is 2.29. The van der Waals surface area contributed by atoms with Gasteiger partial charge < -0.3 is 10.2 Å². The van der Waals surface area contributed by atoms with E-state index in [9.17, 15) is 18.0 Å². The number of hydrogen-bond acceptors (Lipinski definition) is 4. The van der Waals surface area contributed by atoms with Crippen LogP contribution in [0.3, 0.4) is 0 Å². The van der Waals surface area contributed by atoms with E-state index in [0.717, 1.165) is 9.87 Å². The summed E-state index contributed by atoms with van der Waals surface area (Å²) in [6, 6.07) is 18.9. The second kappa shape index (κ2) is 13.1. The van der Waals surface area contributed by atoms with E-state index >= 15 is 0 Å². The Bertz CT molecular complexity index is 1420. The van der Waals surface area contributed by atoms with Gasteiger partial charge in [0.1, 0.15) is 12.6 Å². The van der Waals surface area contributed by atoms with E-state index in [1.54, 1.807) is 67.6 Å². The highest BCUT2D eigenvalue weighted by molar-refractivity contribution is 7.92. The standard InChI is InChI=1S/C30H35Cl2N3O4S/c1-6-27(29(37)33-30(3,4)5)34(19-24-25(31)13-10-14-26(24)32)28(36)20-35(22-11-8-7-9-12-22)40(38,39)23-17-15-21(2)16-18-23/h7-18,27H,6,19-20H2,1-5H3,(H,33,37)/t27-/m1/s1. The summed E-state index contributed by atoms with van der Waals surface area (Å²) in [7, 11) is -4.14. The average molecular weight is 605 g/mol. The Balaban J connectivity index is 2.09. The van der Waals surface area contributed by atoms with E-state index in [4.69, 9.17) is 23.2 Å². The molecule has 3 aromatic carbocycles. The summed E-state index contributed by atoms with van der Waals surface area (Å²) in [5.41, 5.74) is 1.14. The summed E-state index contributed by atoms with van der Waals surface area (Å²) in [5, 5.41) is 3.61. The molecule has 1 N–H and O–H groups in total. The van der Waals surface area contributed by atoms with E-state index in [1.165, 1.54) is 17.0 Å². The Labute approximate surface area is 247 Å². The van der Waals surface area contributed by atoms with Gasteiger partial charge in [-0.15, -0.1) is 0 Å². The van der Waals surface area contributed by atoms with Gasteiger partial charge in [0.25, 0.3) is 10.0 Å². The second-order valence-corrected chi connectivity index (χ2v) is 13.2. The van der Waals surface area contributed by atoms with Crippen LogP contribution in [0.25, 0.3) is 0 Å². The Morgan fingerprint density at radius 3 is 2.00 bits per heavy atom. The van der Waals surface area contributed by atoms with Crippen LogP contribution in [0.4, 0.5) is 5.69 Å². The molecular weight excluding hydrogens is 569 g/mol.